The Labute approximate surface area is 259 Å². The maximum absolute atomic E-state index is 12.0. The second-order valence-corrected chi connectivity index (χ2v) is 12.7. The zero-order valence-corrected chi connectivity index (χ0v) is 25.9. The third kappa shape index (κ3) is 7.85. The molecule has 3 atom stereocenters. The molecule has 0 aromatic heterocycles. The lowest BCUT2D eigenvalue weighted by Gasteiger charge is -2.39. The Morgan fingerprint density at radius 1 is 0.976 bits per heavy atom. The van der Waals surface area contributed by atoms with Crippen molar-refractivity contribution in [1.29, 1.82) is 0 Å². The molecule has 3 aromatic rings. The summed E-state index contributed by atoms with van der Waals surface area (Å²) in [5, 5.41) is 8.37. The Morgan fingerprint density at radius 2 is 1.64 bits per heavy atom. The van der Waals surface area contributed by atoms with E-state index in [1.54, 1.807) is 12.1 Å². The minimum absolute atomic E-state index is 0.156. The normalized spacial score (nSPS) is 23.8. The van der Waals surface area contributed by atoms with Crippen LogP contribution in [0.1, 0.15) is 74.5 Å². The second kappa shape index (κ2) is 13.9. The summed E-state index contributed by atoms with van der Waals surface area (Å²) in [6, 6.07) is 25.4. The van der Waals surface area contributed by atoms with Gasteiger partial charge < -0.3 is 21.3 Å². The SMILES string of the molecule is CC1CN(/C(=N/C2CCC(c3ccccc3)CC2)Nc2ccc(C(CC(N)=O)c3ccc(Cl)cc3Cl)cc2)CC(C)N1. The Bertz CT molecular complexity index is 1360. The van der Waals surface area contributed by atoms with Crippen molar-refractivity contribution in [2.24, 2.45) is 10.7 Å². The molecule has 2 aliphatic rings. The molecule has 1 amide bonds. The molecule has 1 aliphatic heterocycles. The first-order valence-corrected chi connectivity index (χ1v) is 15.7. The molecule has 42 heavy (non-hydrogen) atoms. The minimum atomic E-state index is -0.383. The number of anilines is 1. The lowest BCUT2D eigenvalue weighted by atomic mass is 9.82. The predicted octanol–water partition coefficient (Wildman–Crippen LogP) is 7.18. The first-order chi connectivity index (χ1) is 20.2. The number of amides is 1. The number of benzene rings is 3. The molecule has 1 saturated carbocycles. The molecule has 8 heteroatoms. The van der Waals surface area contributed by atoms with Crippen molar-refractivity contribution in [3.63, 3.8) is 0 Å². The third-order valence-electron chi connectivity index (χ3n) is 8.44. The number of hydrogen-bond acceptors (Lipinski definition) is 3. The van der Waals surface area contributed by atoms with Crippen LogP contribution < -0.4 is 16.4 Å². The van der Waals surface area contributed by atoms with Crippen LogP contribution in [0.5, 0.6) is 0 Å². The van der Waals surface area contributed by atoms with Crippen molar-refractivity contribution in [2.45, 2.75) is 75.9 Å². The van der Waals surface area contributed by atoms with E-state index < -0.39 is 0 Å². The standard InChI is InChI=1S/C34H41Cl2N5O/c1-22-20-41(21-23(2)38-22)34(39-28-13-8-25(9-14-28)24-6-4-3-5-7-24)40-29-15-10-26(11-16-29)31(19-33(37)42)30-17-12-27(35)18-32(30)36/h3-7,10-12,15-18,22-23,25,28,31,38H,8-9,13-14,19-21H2,1-2H3,(H2,37,42)(H,39,40). The van der Waals surface area contributed by atoms with Crippen LogP contribution in [0.15, 0.2) is 77.8 Å². The number of primary amides is 1. The number of hydrogen-bond donors (Lipinski definition) is 3. The smallest absolute Gasteiger partial charge is 0.218 e. The first kappa shape index (κ1) is 30.4. The third-order valence-corrected chi connectivity index (χ3v) is 9.00. The maximum atomic E-state index is 12.0. The van der Waals surface area contributed by atoms with Crippen LogP contribution in [0.2, 0.25) is 10.0 Å². The van der Waals surface area contributed by atoms with Crippen molar-refractivity contribution in [3.05, 3.63) is 99.5 Å². The highest BCUT2D eigenvalue weighted by Gasteiger charge is 2.27. The number of carbonyl (C=O) groups excluding carboxylic acids is 1. The number of halogens is 2. The molecule has 0 radical (unpaired) electrons. The number of carbonyl (C=O) groups is 1. The second-order valence-electron chi connectivity index (χ2n) is 11.9. The van der Waals surface area contributed by atoms with Gasteiger partial charge in [-0.2, -0.15) is 0 Å². The van der Waals surface area contributed by atoms with Gasteiger partial charge in [-0.15, -0.1) is 0 Å². The lowest BCUT2D eigenvalue weighted by molar-refractivity contribution is -0.118. The van der Waals surface area contributed by atoms with E-state index in [1.165, 1.54) is 5.56 Å². The van der Waals surface area contributed by atoms with E-state index in [4.69, 9.17) is 33.9 Å². The van der Waals surface area contributed by atoms with Crippen molar-refractivity contribution in [3.8, 4) is 0 Å². The number of piperazine rings is 1. The van der Waals surface area contributed by atoms with Crippen LogP contribution >= 0.6 is 23.2 Å². The fraction of sp³-hybridized carbons (Fsp3) is 0.412. The molecule has 1 aliphatic carbocycles. The number of nitrogens with two attached hydrogens (primary N) is 1. The van der Waals surface area contributed by atoms with Crippen LogP contribution in [-0.2, 0) is 4.79 Å². The van der Waals surface area contributed by atoms with E-state index in [0.717, 1.165) is 61.5 Å². The number of aliphatic imine (C=N–C) groups is 1. The van der Waals surface area contributed by atoms with E-state index in [0.29, 0.717) is 34.1 Å². The Kier molecular flexibility index (Phi) is 10.1. The quantitative estimate of drug-likeness (QED) is 0.197. The highest BCUT2D eigenvalue weighted by Crippen LogP contribution is 2.36. The Hall–Kier alpha value is -3.06. The number of nitrogens with one attached hydrogen (secondary N) is 2. The summed E-state index contributed by atoms with van der Waals surface area (Å²) in [5.41, 5.74) is 9.82. The monoisotopic (exact) mass is 605 g/mol. The molecule has 2 fully saturated rings. The zero-order chi connectivity index (χ0) is 29.6. The fourth-order valence-corrected chi connectivity index (χ4v) is 6.99. The van der Waals surface area contributed by atoms with Crippen LogP contribution in [0.4, 0.5) is 5.69 Å². The van der Waals surface area contributed by atoms with Crippen molar-refractivity contribution >= 4 is 40.8 Å². The van der Waals surface area contributed by atoms with Gasteiger partial charge in [0.25, 0.3) is 0 Å². The average molecular weight is 607 g/mol. The minimum Gasteiger partial charge on any atom is -0.370 e. The largest absolute Gasteiger partial charge is 0.370 e. The van der Waals surface area contributed by atoms with E-state index in [9.17, 15) is 4.79 Å². The van der Waals surface area contributed by atoms with Gasteiger partial charge in [-0.05, 0) is 86.4 Å². The van der Waals surface area contributed by atoms with Crippen molar-refractivity contribution in [1.82, 2.24) is 10.2 Å². The average Bonchev–Trinajstić information content (AvgIpc) is 2.96. The summed E-state index contributed by atoms with van der Waals surface area (Å²) in [4.78, 5) is 19.7. The van der Waals surface area contributed by atoms with Gasteiger partial charge in [-0.3, -0.25) is 4.79 Å². The molecule has 0 spiro atoms. The van der Waals surface area contributed by atoms with Gasteiger partial charge in [0, 0.05) is 53.2 Å². The van der Waals surface area contributed by atoms with E-state index in [1.807, 2.05) is 30.3 Å². The predicted molar refractivity (Wildman–Crippen MR) is 175 cm³/mol. The van der Waals surface area contributed by atoms with Crippen molar-refractivity contribution < 1.29 is 4.79 Å². The van der Waals surface area contributed by atoms with Gasteiger partial charge in [0.1, 0.15) is 0 Å². The van der Waals surface area contributed by atoms with Crippen molar-refractivity contribution in [2.75, 3.05) is 18.4 Å². The number of nitrogens with zero attached hydrogens (tertiary/aromatic N) is 2. The highest BCUT2D eigenvalue weighted by molar-refractivity contribution is 6.35. The lowest BCUT2D eigenvalue weighted by Crippen LogP contribution is -2.57. The summed E-state index contributed by atoms with van der Waals surface area (Å²) >= 11 is 12.7. The Balaban J connectivity index is 1.35. The van der Waals surface area contributed by atoms with Gasteiger partial charge in [0.05, 0.1) is 6.04 Å². The molecule has 0 bridgehead atoms. The molecule has 6 nitrogen and oxygen atoms in total. The Morgan fingerprint density at radius 3 is 2.26 bits per heavy atom. The summed E-state index contributed by atoms with van der Waals surface area (Å²) in [7, 11) is 0. The first-order valence-electron chi connectivity index (χ1n) is 15.0. The van der Waals surface area contributed by atoms with Gasteiger partial charge in [-0.1, -0.05) is 71.7 Å². The molecular formula is C34H41Cl2N5O. The summed E-state index contributed by atoms with van der Waals surface area (Å²) in [6.45, 7) is 6.23. The van der Waals surface area contributed by atoms with Crippen LogP contribution in [0, 0.1) is 0 Å². The van der Waals surface area contributed by atoms with Gasteiger partial charge >= 0.3 is 0 Å². The molecule has 1 saturated heterocycles. The number of rotatable bonds is 7. The number of guanidine groups is 1. The van der Waals surface area contributed by atoms with E-state index in [2.05, 4.69) is 59.7 Å². The molecule has 1 heterocycles. The van der Waals surface area contributed by atoms with Crippen LogP contribution in [-0.4, -0.2) is 48.0 Å². The molecule has 3 unspecified atom stereocenters. The maximum Gasteiger partial charge on any atom is 0.218 e. The van der Waals surface area contributed by atoms with Gasteiger partial charge in [0.2, 0.25) is 5.91 Å². The molecule has 222 valence electrons. The summed E-state index contributed by atoms with van der Waals surface area (Å²) in [5.74, 6) is 0.902. The summed E-state index contributed by atoms with van der Waals surface area (Å²) in [6.07, 6.45) is 4.63. The molecule has 4 N–H and O–H groups in total. The van der Waals surface area contributed by atoms with Crippen LogP contribution in [0.3, 0.4) is 0 Å². The highest BCUT2D eigenvalue weighted by atomic mass is 35.5. The zero-order valence-electron chi connectivity index (χ0n) is 24.4. The molecular weight excluding hydrogens is 565 g/mol. The molecule has 3 aromatic carbocycles. The van der Waals surface area contributed by atoms with Gasteiger partial charge in [0.15, 0.2) is 5.96 Å². The fourth-order valence-electron chi connectivity index (χ4n) is 6.45. The topological polar surface area (TPSA) is 82.8 Å². The van der Waals surface area contributed by atoms with Crippen LogP contribution in [0.25, 0.3) is 0 Å². The van der Waals surface area contributed by atoms with Gasteiger partial charge in [-0.25, -0.2) is 4.99 Å². The summed E-state index contributed by atoms with van der Waals surface area (Å²) < 4.78 is 0. The van der Waals surface area contributed by atoms with E-state index in [-0.39, 0.29) is 18.2 Å². The molecule has 5 rings (SSSR count). The van der Waals surface area contributed by atoms with E-state index >= 15 is 0 Å².